The third kappa shape index (κ3) is 5.85. The summed E-state index contributed by atoms with van der Waals surface area (Å²) in [6, 6.07) is 3.58. The highest BCUT2D eigenvalue weighted by Crippen LogP contribution is 2.30. The zero-order chi connectivity index (χ0) is 22.6. The Hall–Kier alpha value is -2.82. The lowest BCUT2D eigenvalue weighted by atomic mass is 10.1. The molecule has 2 rings (SSSR count). The number of carbonyl (C=O) groups is 2. The predicted octanol–water partition coefficient (Wildman–Crippen LogP) is 4.19. The van der Waals surface area contributed by atoms with Gasteiger partial charge in [-0.25, -0.2) is 22.9 Å². The second-order valence-electron chi connectivity index (χ2n) is 7.28. The summed E-state index contributed by atoms with van der Waals surface area (Å²) in [4.78, 5) is 25.5. The van der Waals surface area contributed by atoms with E-state index in [1.165, 1.54) is 12.1 Å². The lowest BCUT2D eigenvalue weighted by Gasteiger charge is -2.30. The average molecular weight is 446 g/mol. The van der Waals surface area contributed by atoms with Crippen LogP contribution in [0.1, 0.15) is 27.2 Å². The lowest BCUT2D eigenvalue weighted by Crippen LogP contribution is -2.46. The monoisotopic (exact) mass is 446 g/mol. The molecule has 2 N–H and O–H groups in total. The third-order valence-electron chi connectivity index (χ3n) is 3.73. The van der Waals surface area contributed by atoms with Gasteiger partial charge >= 0.3 is 6.09 Å². The molecular weight excluding hydrogens is 425 g/mol. The average Bonchev–Trinajstić information content (AvgIpc) is 2.59. The highest BCUT2D eigenvalue weighted by molar-refractivity contribution is 7.81. The normalized spacial score (nSPS) is 14.8. The van der Waals surface area contributed by atoms with Gasteiger partial charge in [-0.2, -0.15) is 0 Å². The Balaban J connectivity index is 2.25. The Labute approximate surface area is 176 Å². The molecule has 0 aromatic heterocycles. The summed E-state index contributed by atoms with van der Waals surface area (Å²) in [6.45, 7) is 3.72. The van der Waals surface area contributed by atoms with Crippen molar-refractivity contribution in [2.24, 2.45) is 0 Å². The van der Waals surface area contributed by atoms with Crippen molar-refractivity contribution in [3.05, 3.63) is 35.3 Å². The number of aliphatic hydroxyl groups excluding tert-OH is 1. The highest BCUT2D eigenvalue weighted by atomic mass is 32.1. The first-order chi connectivity index (χ1) is 13.9. The van der Waals surface area contributed by atoms with Crippen LogP contribution in [0.15, 0.2) is 29.5 Å². The summed E-state index contributed by atoms with van der Waals surface area (Å²) in [5, 5.41) is 12.7. The summed E-state index contributed by atoms with van der Waals surface area (Å²) in [5.41, 5.74) is -1.35. The molecule has 0 spiro atoms. The van der Waals surface area contributed by atoms with Crippen LogP contribution in [0.3, 0.4) is 0 Å². The van der Waals surface area contributed by atoms with Gasteiger partial charge in [0, 0.05) is 13.0 Å². The van der Waals surface area contributed by atoms with E-state index in [0.717, 1.165) is 11.0 Å². The number of benzene rings is 1. The molecule has 1 aromatic rings. The molecule has 1 aliphatic rings. The first-order valence-electron chi connectivity index (χ1n) is 8.88. The van der Waals surface area contributed by atoms with Crippen molar-refractivity contribution in [1.29, 1.82) is 0 Å². The number of thiocarbonyl (C=S) groups is 1. The van der Waals surface area contributed by atoms with Gasteiger partial charge in [0.15, 0.2) is 11.6 Å². The summed E-state index contributed by atoms with van der Waals surface area (Å²) < 4.78 is 48.9. The maximum Gasteiger partial charge on any atom is 0.417 e. The molecule has 0 atom stereocenters. The molecule has 164 valence electrons. The van der Waals surface area contributed by atoms with Crippen molar-refractivity contribution in [2.45, 2.75) is 39.2 Å². The minimum atomic E-state index is -2.83. The van der Waals surface area contributed by atoms with Crippen LogP contribution >= 0.6 is 12.2 Å². The molecule has 7 nitrogen and oxygen atoms in total. The molecule has 1 heterocycles. The van der Waals surface area contributed by atoms with Crippen molar-refractivity contribution >= 4 is 34.9 Å². The molecule has 1 aliphatic heterocycles. The van der Waals surface area contributed by atoms with Crippen molar-refractivity contribution in [3.63, 3.8) is 0 Å². The van der Waals surface area contributed by atoms with E-state index in [-0.39, 0.29) is 35.0 Å². The van der Waals surface area contributed by atoms with Crippen LogP contribution in [0.2, 0.25) is 0 Å². The summed E-state index contributed by atoms with van der Waals surface area (Å²) in [6.07, 6.45) is -3.81. The van der Waals surface area contributed by atoms with E-state index >= 15 is 0 Å². The van der Waals surface area contributed by atoms with E-state index in [4.69, 9.17) is 21.7 Å². The van der Waals surface area contributed by atoms with Crippen molar-refractivity contribution in [1.82, 2.24) is 4.90 Å². The number of hydrogen-bond acceptors (Lipinski definition) is 6. The van der Waals surface area contributed by atoms with Crippen molar-refractivity contribution in [2.75, 3.05) is 18.5 Å². The fraction of sp³-hybridized carbons (Fsp3) is 0.421. The van der Waals surface area contributed by atoms with E-state index in [9.17, 15) is 27.9 Å². The molecular formula is C19H21F3N2O5S. The van der Waals surface area contributed by atoms with E-state index in [1.807, 2.05) is 0 Å². The Morgan fingerprint density at radius 1 is 1.37 bits per heavy atom. The fourth-order valence-corrected chi connectivity index (χ4v) is 2.82. The van der Waals surface area contributed by atoms with E-state index < -0.39 is 42.2 Å². The molecule has 0 bridgehead atoms. The first-order valence-corrected chi connectivity index (χ1v) is 9.29. The molecule has 0 unspecified atom stereocenters. The van der Waals surface area contributed by atoms with Gasteiger partial charge in [-0.1, -0.05) is 18.3 Å². The standard InChI is InChI=1S/C19H21F3N2O5S/c1-19(2,3)29-18(27)24-8-7-12(25)14(17(24)26)16(30)23-11-6-4-5-10(20)15(11)28-9-13(21)22/h4-6,13,25H,7-9H2,1-3H3,(H,23,30). The number of imide groups is 1. The van der Waals surface area contributed by atoms with Crippen molar-refractivity contribution < 1.29 is 37.3 Å². The molecule has 0 fully saturated rings. The van der Waals surface area contributed by atoms with Gasteiger partial charge < -0.3 is 19.9 Å². The minimum absolute atomic E-state index is 0.0694. The molecule has 2 amide bonds. The van der Waals surface area contributed by atoms with Crippen LogP contribution in [0.5, 0.6) is 5.75 Å². The molecule has 0 aliphatic carbocycles. The van der Waals surface area contributed by atoms with Gasteiger partial charge in [0.05, 0.1) is 5.69 Å². The van der Waals surface area contributed by atoms with Crippen LogP contribution in [0, 0.1) is 5.82 Å². The van der Waals surface area contributed by atoms with Gasteiger partial charge in [-0.05, 0) is 32.9 Å². The number of nitrogens with one attached hydrogen (secondary N) is 1. The second-order valence-corrected chi connectivity index (χ2v) is 7.69. The zero-order valence-electron chi connectivity index (χ0n) is 16.5. The van der Waals surface area contributed by atoms with Crippen LogP contribution < -0.4 is 10.1 Å². The van der Waals surface area contributed by atoms with Crippen LogP contribution in [0.4, 0.5) is 23.7 Å². The fourth-order valence-electron chi connectivity index (χ4n) is 2.51. The molecule has 0 radical (unpaired) electrons. The maximum absolute atomic E-state index is 14.0. The Kier molecular flexibility index (Phi) is 7.30. The van der Waals surface area contributed by atoms with Crippen molar-refractivity contribution in [3.8, 4) is 5.75 Å². The number of amides is 2. The Morgan fingerprint density at radius 2 is 2.03 bits per heavy atom. The quantitative estimate of drug-likeness (QED) is 0.656. The number of ether oxygens (including phenoxy) is 2. The highest BCUT2D eigenvalue weighted by Gasteiger charge is 2.36. The van der Waals surface area contributed by atoms with Gasteiger partial charge in [0.2, 0.25) is 0 Å². The van der Waals surface area contributed by atoms with Gasteiger partial charge in [-0.15, -0.1) is 0 Å². The third-order valence-corrected chi connectivity index (χ3v) is 4.04. The number of halogens is 3. The number of carbonyl (C=O) groups excluding carboxylic acids is 2. The molecule has 0 saturated carbocycles. The minimum Gasteiger partial charge on any atom is -0.511 e. The number of nitrogens with zero attached hydrogens (tertiary/aromatic N) is 1. The van der Waals surface area contributed by atoms with Gasteiger partial charge in [0.1, 0.15) is 28.5 Å². The summed E-state index contributed by atoms with van der Waals surface area (Å²) in [5.74, 6) is -2.72. The molecule has 0 saturated heterocycles. The summed E-state index contributed by atoms with van der Waals surface area (Å²) >= 11 is 5.14. The Morgan fingerprint density at radius 3 is 2.63 bits per heavy atom. The number of aliphatic hydroxyl groups is 1. The largest absolute Gasteiger partial charge is 0.511 e. The number of rotatable bonds is 5. The number of para-hydroxylation sites is 1. The van der Waals surface area contributed by atoms with E-state index in [2.05, 4.69) is 5.32 Å². The SMILES string of the molecule is CC(C)(C)OC(=O)N1CCC(O)=C(C(=S)Nc2cccc(F)c2OCC(F)F)C1=O. The Bertz CT molecular complexity index is 883. The smallest absolute Gasteiger partial charge is 0.417 e. The lowest BCUT2D eigenvalue weighted by molar-refractivity contribution is -0.126. The second kappa shape index (κ2) is 9.33. The van der Waals surface area contributed by atoms with Crippen LogP contribution in [-0.2, 0) is 9.53 Å². The molecule has 1 aromatic carbocycles. The molecule has 30 heavy (non-hydrogen) atoms. The number of hydrogen-bond donors (Lipinski definition) is 2. The summed E-state index contributed by atoms with van der Waals surface area (Å²) in [7, 11) is 0. The van der Waals surface area contributed by atoms with E-state index in [0.29, 0.717) is 0 Å². The topological polar surface area (TPSA) is 88.1 Å². The first kappa shape index (κ1) is 23.5. The van der Waals surface area contributed by atoms with Gasteiger partial charge in [-0.3, -0.25) is 4.79 Å². The van der Waals surface area contributed by atoms with Gasteiger partial charge in [0.25, 0.3) is 12.3 Å². The van der Waals surface area contributed by atoms with E-state index in [1.54, 1.807) is 20.8 Å². The maximum atomic E-state index is 14.0. The van der Waals surface area contributed by atoms with Crippen LogP contribution in [0.25, 0.3) is 0 Å². The predicted molar refractivity (Wildman–Crippen MR) is 106 cm³/mol. The number of anilines is 1. The van der Waals surface area contributed by atoms with Crippen LogP contribution in [-0.4, -0.2) is 52.2 Å². The molecule has 11 heteroatoms. The number of alkyl halides is 2. The zero-order valence-corrected chi connectivity index (χ0v) is 17.3.